The highest BCUT2D eigenvalue weighted by Crippen LogP contribution is 2.41. The van der Waals surface area contributed by atoms with Crippen molar-refractivity contribution in [2.24, 2.45) is 0 Å². The van der Waals surface area contributed by atoms with Crippen LogP contribution < -0.4 is 0 Å². The van der Waals surface area contributed by atoms with E-state index in [2.05, 4.69) is 27.8 Å². The minimum absolute atomic E-state index is 0.608. The molecule has 1 aliphatic carbocycles. The lowest BCUT2D eigenvalue weighted by Gasteiger charge is -2.46. The molecule has 1 unspecified atom stereocenters. The van der Waals surface area contributed by atoms with Gasteiger partial charge in [-0.1, -0.05) is 19.3 Å². The van der Waals surface area contributed by atoms with Gasteiger partial charge in [-0.3, -0.25) is 9.80 Å². The predicted molar refractivity (Wildman–Crippen MR) is 80.4 cm³/mol. The van der Waals surface area contributed by atoms with Crippen LogP contribution >= 0.6 is 11.8 Å². The van der Waals surface area contributed by atoms with Gasteiger partial charge in [0.2, 0.25) is 0 Å². The van der Waals surface area contributed by atoms with E-state index in [0.29, 0.717) is 4.75 Å². The molecule has 0 amide bonds. The van der Waals surface area contributed by atoms with Crippen molar-refractivity contribution in [2.75, 3.05) is 39.0 Å². The van der Waals surface area contributed by atoms with Crippen molar-refractivity contribution in [3.05, 3.63) is 0 Å². The minimum atomic E-state index is 0.608. The van der Waals surface area contributed by atoms with Gasteiger partial charge in [0.25, 0.3) is 0 Å². The number of rotatable bonds is 3. The van der Waals surface area contributed by atoms with Gasteiger partial charge in [0, 0.05) is 37.0 Å². The number of hydrogen-bond donors (Lipinski definition) is 0. The van der Waals surface area contributed by atoms with E-state index < -0.39 is 0 Å². The highest BCUT2D eigenvalue weighted by atomic mass is 32.2. The van der Waals surface area contributed by atoms with Crippen molar-refractivity contribution in [3.63, 3.8) is 0 Å². The van der Waals surface area contributed by atoms with E-state index in [4.69, 9.17) is 0 Å². The molecule has 0 aromatic carbocycles. The molecule has 0 aromatic rings. The number of piperazine rings is 1. The summed E-state index contributed by atoms with van der Waals surface area (Å²) in [4.78, 5) is 5.54. The first kappa shape index (κ1) is 13.3. The van der Waals surface area contributed by atoms with Crippen LogP contribution in [0.15, 0.2) is 0 Å². The smallest absolute Gasteiger partial charge is 0.0284 e. The number of nitrogens with zero attached hydrogens (tertiary/aromatic N) is 2. The summed E-state index contributed by atoms with van der Waals surface area (Å²) in [6, 6.07) is 0.882. The fourth-order valence-corrected chi connectivity index (χ4v) is 5.23. The van der Waals surface area contributed by atoms with E-state index in [1.807, 2.05) is 0 Å². The van der Waals surface area contributed by atoms with Crippen molar-refractivity contribution in [1.82, 2.24) is 9.80 Å². The Labute approximate surface area is 116 Å². The molecule has 1 saturated carbocycles. The summed E-state index contributed by atoms with van der Waals surface area (Å²) in [5.74, 6) is 0. The van der Waals surface area contributed by atoms with Crippen molar-refractivity contribution in [1.29, 1.82) is 0 Å². The molecule has 1 atom stereocenters. The first-order valence-corrected chi connectivity index (χ1v) is 9.05. The lowest BCUT2D eigenvalue weighted by molar-refractivity contribution is 0.0449. The number of thioether (sulfide) groups is 1. The van der Waals surface area contributed by atoms with Crippen LogP contribution in [0.2, 0.25) is 0 Å². The standard InChI is InChI=1S/C15H28N2S/c1-18-15(7-3-4-8-15)13-16-10-11-17-9-5-2-6-14(17)12-16/h14H,2-13H2,1H3. The highest BCUT2D eigenvalue weighted by molar-refractivity contribution is 8.00. The van der Waals surface area contributed by atoms with Gasteiger partial charge < -0.3 is 0 Å². The Morgan fingerprint density at radius 3 is 2.67 bits per heavy atom. The van der Waals surface area contributed by atoms with Crippen molar-refractivity contribution >= 4 is 11.8 Å². The maximum Gasteiger partial charge on any atom is 0.0284 e. The molecule has 0 bridgehead atoms. The Balaban J connectivity index is 1.57. The molecule has 104 valence electrons. The average Bonchev–Trinajstić information content (AvgIpc) is 2.88. The van der Waals surface area contributed by atoms with Gasteiger partial charge in [-0.2, -0.15) is 11.8 Å². The Hall–Kier alpha value is 0.270. The molecule has 0 N–H and O–H groups in total. The zero-order chi connectivity index (χ0) is 12.4. The SMILES string of the molecule is CSC1(CN2CCN3CCCCC3C2)CCCC1. The van der Waals surface area contributed by atoms with Gasteiger partial charge in [-0.05, 0) is 38.5 Å². The molecule has 2 heterocycles. The molecule has 2 nitrogen and oxygen atoms in total. The quantitative estimate of drug-likeness (QED) is 0.777. The molecule has 3 fully saturated rings. The van der Waals surface area contributed by atoms with Crippen molar-refractivity contribution in [2.45, 2.75) is 55.7 Å². The second kappa shape index (κ2) is 5.72. The maximum atomic E-state index is 2.79. The van der Waals surface area contributed by atoms with Gasteiger partial charge in [-0.25, -0.2) is 0 Å². The zero-order valence-electron chi connectivity index (χ0n) is 11.9. The summed E-state index contributed by atoms with van der Waals surface area (Å²) >= 11 is 2.15. The third kappa shape index (κ3) is 2.73. The molecule has 3 heteroatoms. The number of fused-ring (bicyclic) bond motifs is 1. The van der Waals surface area contributed by atoms with Gasteiger partial charge in [-0.15, -0.1) is 0 Å². The number of piperidine rings is 1. The highest BCUT2D eigenvalue weighted by Gasteiger charge is 2.37. The van der Waals surface area contributed by atoms with Crippen molar-refractivity contribution < 1.29 is 0 Å². The summed E-state index contributed by atoms with van der Waals surface area (Å²) in [7, 11) is 0. The van der Waals surface area contributed by atoms with Crippen LogP contribution in [0.25, 0.3) is 0 Å². The largest absolute Gasteiger partial charge is 0.299 e. The first-order valence-electron chi connectivity index (χ1n) is 7.83. The molecule has 2 saturated heterocycles. The molecule has 18 heavy (non-hydrogen) atoms. The Kier molecular flexibility index (Phi) is 4.21. The van der Waals surface area contributed by atoms with E-state index in [-0.39, 0.29) is 0 Å². The summed E-state index contributed by atoms with van der Waals surface area (Å²) < 4.78 is 0.608. The van der Waals surface area contributed by atoms with Crippen LogP contribution in [0, 0.1) is 0 Å². The Morgan fingerprint density at radius 2 is 1.89 bits per heavy atom. The monoisotopic (exact) mass is 268 g/mol. The molecular formula is C15H28N2S. The molecule has 0 spiro atoms. The first-order chi connectivity index (χ1) is 8.81. The maximum absolute atomic E-state index is 2.79. The van der Waals surface area contributed by atoms with Gasteiger partial charge >= 0.3 is 0 Å². The summed E-state index contributed by atoms with van der Waals surface area (Å²) in [5, 5.41) is 0. The second-order valence-electron chi connectivity index (χ2n) is 6.51. The Morgan fingerprint density at radius 1 is 1.06 bits per heavy atom. The molecule has 0 aromatic heterocycles. The van der Waals surface area contributed by atoms with E-state index in [1.165, 1.54) is 77.7 Å². The molecule has 3 rings (SSSR count). The fraction of sp³-hybridized carbons (Fsp3) is 1.00. The van der Waals surface area contributed by atoms with Crippen LogP contribution in [0.5, 0.6) is 0 Å². The minimum Gasteiger partial charge on any atom is -0.299 e. The Bertz CT molecular complexity index is 276. The summed E-state index contributed by atoms with van der Waals surface area (Å²) in [6.07, 6.45) is 12.5. The molecule has 3 aliphatic rings. The average molecular weight is 268 g/mol. The lowest BCUT2D eigenvalue weighted by Crippen LogP contribution is -2.56. The van der Waals surface area contributed by atoms with Crippen LogP contribution in [0.1, 0.15) is 44.9 Å². The van der Waals surface area contributed by atoms with Gasteiger partial charge in [0.05, 0.1) is 0 Å². The number of hydrogen-bond acceptors (Lipinski definition) is 3. The normalized spacial score (nSPS) is 33.5. The summed E-state index contributed by atoms with van der Waals surface area (Å²) in [5.41, 5.74) is 0. The fourth-order valence-electron chi connectivity index (χ4n) is 4.22. The van der Waals surface area contributed by atoms with E-state index in [9.17, 15) is 0 Å². The predicted octanol–water partition coefficient (Wildman–Crippen LogP) is 2.83. The molecule has 0 radical (unpaired) electrons. The zero-order valence-corrected chi connectivity index (χ0v) is 12.7. The van der Waals surface area contributed by atoms with E-state index >= 15 is 0 Å². The van der Waals surface area contributed by atoms with E-state index in [1.54, 1.807) is 0 Å². The topological polar surface area (TPSA) is 6.48 Å². The van der Waals surface area contributed by atoms with E-state index in [0.717, 1.165) is 6.04 Å². The third-order valence-electron chi connectivity index (χ3n) is 5.38. The summed E-state index contributed by atoms with van der Waals surface area (Å²) in [6.45, 7) is 6.72. The van der Waals surface area contributed by atoms with Crippen LogP contribution in [-0.4, -0.2) is 59.6 Å². The van der Waals surface area contributed by atoms with Gasteiger partial charge in [0.1, 0.15) is 0 Å². The second-order valence-corrected chi connectivity index (χ2v) is 7.79. The lowest BCUT2D eigenvalue weighted by atomic mass is 9.98. The van der Waals surface area contributed by atoms with Gasteiger partial charge in [0.15, 0.2) is 0 Å². The molecule has 2 aliphatic heterocycles. The molecular weight excluding hydrogens is 240 g/mol. The third-order valence-corrected chi connectivity index (χ3v) is 6.78. The van der Waals surface area contributed by atoms with Crippen molar-refractivity contribution in [3.8, 4) is 0 Å². The van der Waals surface area contributed by atoms with Crippen LogP contribution in [0.3, 0.4) is 0 Å². The van der Waals surface area contributed by atoms with Crippen LogP contribution in [0.4, 0.5) is 0 Å². The van der Waals surface area contributed by atoms with Crippen LogP contribution in [-0.2, 0) is 0 Å².